The van der Waals surface area contributed by atoms with Crippen molar-refractivity contribution in [3.8, 4) is 0 Å². The highest BCUT2D eigenvalue weighted by molar-refractivity contribution is 5.51. The zero-order valence-corrected chi connectivity index (χ0v) is 8.59. The molecule has 1 aromatic rings. The molecule has 14 heavy (non-hydrogen) atoms. The molecule has 1 aliphatic rings. The molecule has 0 saturated carbocycles. The fraction of sp³-hybridized carbons (Fsp3) is 0.500. The Bertz CT molecular complexity index is 316. The maximum Gasteiger partial charge on any atom is 0.149 e. The molecule has 1 nitrogen and oxygen atoms in total. The molecule has 1 heterocycles. The molecule has 2 heteroatoms. The molecular weight excluding hydrogens is 177 g/mol. The Labute approximate surface area is 84.5 Å². The van der Waals surface area contributed by atoms with Crippen molar-refractivity contribution in [2.75, 3.05) is 18.0 Å². The highest BCUT2D eigenvalue weighted by atomic mass is 19.1. The monoisotopic (exact) mass is 193 g/mol. The van der Waals surface area contributed by atoms with Gasteiger partial charge in [-0.15, -0.1) is 0 Å². The highest BCUT2D eigenvalue weighted by Gasteiger charge is 2.16. The van der Waals surface area contributed by atoms with E-state index in [0.29, 0.717) is 0 Å². The quantitative estimate of drug-likeness (QED) is 0.698. The molecule has 1 saturated heterocycles. The third-order valence-corrected chi connectivity index (χ3v) is 2.89. The van der Waals surface area contributed by atoms with E-state index < -0.39 is 0 Å². The number of anilines is 1. The van der Waals surface area contributed by atoms with Crippen molar-refractivity contribution in [1.82, 2.24) is 0 Å². The van der Waals surface area contributed by atoms with Crippen LogP contribution in [0.25, 0.3) is 0 Å². The van der Waals surface area contributed by atoms with Crippen LogP contribution in [0.15, 0.2) is 18.2 Å². The first-order valence-electron chi connectivity index (χ1n) is 5.35. The summed E-state index contributed by atoms with van der Waals surface area (Å²) in [5, 5.41) is 0. The minimum absolute atomic E-state index is 0.0168. The van der Waals surface area contributed by atoms with Gasteiger partial charge >= 0.3 is 0 Å². The Morgan fingerprint density at radius 3 is 2.64 bits per heavy atom. The van der Waals surface area contributed by atoms with Gasteiger partial charge < -0.3 is 4.90 Å². The molecule has 0 atom stereocenters. The Hall–Kier alpha value is -1.05. The summed E-state index contributed by atoms with van der Waals surface area (Å²) in [7, 11) is 0. The Balaban J connectivity index is 2.32. The summed E-state index contributed by atoms with van der Waals surface area (Å²) in [6, 6.07) is 5.71. The molecule has 0 spiro atoms. The molecule has 1 fully saturated rings. The standard InChI is InChI=1S/C12H16FN/c1-2-10-6-5-7-11(12(10)13)14-8-3-4-9-14/h5-7H,2-4,8-9H2,1H3. The lowest BCUT2D eigenvalue weighted by molar-refractivity contribution is 0.608. The average Bonchev–Trinajstić information content (AvgIpc) is 2.71. The summed E-state index contributed by atoms with van der Waals surface area (Å²) in [6.45, 7) is 4.00. The van der Waals surface area contributed by atoms with Crippen LogP contribution in [0.3, 0.4) is 0 Å². The zero-order chi connectivity index (χ0) is 9.97. The average molecular weight is 193 g/mol. The summed E-state index contributed by atoms with van der Waals surface area (Å²) in [5.74, 6) is -0.0168. The molecule has 76 valence electrons. The van der Waals surface area contributed by atoms with Crippen molar-refractivity contribution in [3.05, 3.63) is 29.6 Å². The Morgan fingerprint density at radius 1 is 1.29 bits per heavy atom. The molecule has 0 aromatic heterocycles. The predicted molar refractivity (Wildman–Crippen MR) is 57.2 cm³/mol. The van der Waals surface area contributed by atoms with Gasteiger partial charge in [-0.3, -0.25) is 0 Å². The van der Waals surface area contributed by atoms with E-state index in [-0.39, 0.29) is 5.82 Å². The smallest absolute Gasteiger partial charge is 0.149 e. The second-order valence-corrected chi connectivity index (χ2v) is 3.80. The van der Waals surface area contributed by atoms with E-state index in [0.717, 1.165) is 30.8 Å². The lowest BCUT2D eigenvalue weighted by atomic mass is 10.1. The maximum atomic E-state index is 13.9. The van der Waals surface area contributed by atoms with Gasteiger partial charge in [0.2, 0.25) is 0 Å². The van der Waals surface area contributed by atoms with Crippen LogP contribution in [0, 0.1) is 5.82 Å². The van der Waals surface area contributed by atoms with Gasteiger partial charge in [-0.25, -0.2) is 4.39 Å². The van der Waals surface area contributed by atoms with Gasteiger partial charge in [0.25, 0.3) is 0 Å². The van der Waals surface area contributed by atoms with Crippen molar-refractivity contribution in [3.63, 3.8) is 0 Å². The normalized spacial score (nSPS) is 16.3. The molecule has 0 amide bonds. The van der Waals surface area contributed by atoms with E-state index >= 15 is 0 Å². The van der Waals surface area contributed by atoms with Crippen LogP contribution >= 0.6 is 0 Å². The molecule has 2 rings (SSSR count). The molecule has 0 radical (unpaired) electrons. The number of hydrogen-bond acceptors (Lipinski definition) is 1. The number of halogens is 1. The number of aryl methyl sites for hydroxylation is 1. The van der Waals surface area contributed by atoms with Crippen LogP contribution in [-0.4, -0.2) is 13.1 Å². The Kier molecular flexibility index (Phi) is 2.71. The van der Waals surface area contributed by atoms with Crippen LogP contribution in [0.4, 0.5) is 10.1 Å². The first-order valence-corrected chi connectivity index (χ1v) is 5.35. The third kappa shape index (κ3) is 1.61. The molecular formula is C12H16FN. The molecule has 1 aliphatic heterocycles. The van der Waals surface area contributed by atoms with E-state index in [1.54, 1.807) is 0 Å². The van der Waals surface area contributed by atoms with Crippen LogP contribution in [0.2, 0.25) is 0 Å². The van der Waals surface area contributed by atoms with Crippen molar-refractivity contribution in [1.29, 1.82) is 0 Å². The molecule has 1 aromatic carbocycles. The molecule has 0 bridgehead atoms. The van der Waals surface area contributed by atoms with Gasteiger partial charge in [-0.2, -0.15) is 0 Å². The fourth-order valence-electron chi connectivity index (χ4n) is 2.04. The largest absolute Gasteiger partial charge is 0.369 e. The van der Waals surface area contributed by atoms with Gasteiger partial charge in [0, 0.05) is 13.1 Å². The number of rotatable bonds is 2. The van der Waals surface area contributed by atoms with Crippen molar-refractivity contribution in [2.45, 2.75) is 26.2 Å². The van der Waals surface area contributed by atoms with E-state index in [9.17, 15) is 4.39 Å². The predicted octanol–water partition coefficient (Wildman–Crippen LogP) is 2.99. The van der Waals surface area contributed by atoms with Crippen LogP contribution in [0.5, 0.6) is 0 Å². The van der Waals surface area contributed by atoms with Gasteiger partial charge in [0.05, 0.1) is 5.69 Å². The van der Waals surface area contributed by atoms with Crippen LogP contribution in [-0.2, 0) is 6.42 Å². The van der Waals surface area contributed by atoms with Crippen molar-refractivity contribution < 1.29 is 4.39 Å². The lowest BCUT2D eigenvalue weighted by Crippen LogP contribution is -2.19. The number of nitrogens with zero attached hydrogens (tertiary/aromatic N) is 1. The minimum atomic E-state index is -0.0168. The fourth-order valence-corrected chi connectivity index (χ4v) is 2.04. The van der Waals surface area contributed by atoms with Crippen molar-refractivity contribution in [2.24, 2.45) is 0 Å². The van der Waals surface area contributed by atoms with E-state index in [2.05, 4.69) is 4.90 Å². The van der Waals surface area contributed by atoms with Gasteiger partial charge in [-0.1, -0.05) is 19.1 Å². The zero-order valence-electron chi connectivity index (χ0n) is 8.59. The number of hydrogen-bond donors (Lipinski definition) is 0. The summed E-state index contributed by atoms with van der Waals surface area (Å²) in [4.78, 5) is 2.15. The maximum absolute atomic E-state index is 13.9. The third-order valence-electron chi connectivity index (χ3n) is 2.89. The number of benzene rings is 1. The molecule has 0 unspecified atom stereocenters. The minimum Gasteiger partial charge on any atom is -0.369 e. The second-order valence-electron chi connectivity index (χ2n) is 3.80. The summed E-state index contributed by atoms with van der Waals surface area (Å²) < 4.78 is 13.9. The summed E-state index contributed by atoms with van der Waals surface area (Å²) >= 11 is 0. The topological polar surface area (TPSA) is 3.24 Å². The first kappa shape index (κ1) is 9.50. The van der Waals surface area contributed by atoms with Crippen LogP contribution < -0.4 is 4.90 Å². The van der Waals surface area contributed by atoms with E-state index in [1.807, 2.05) is 25.1 Å². The molecule has 0 N–H and O–H groups in total. The van der Waals surface area contributed by atoms with Gasteiger partial charge in [0.1, 0.15) is 5.82 Å². The summed E-state index contributed by atoms with van der Waals surface area (Å²) in [6.07, 6.45) is 3.15. The van der Waals surface area contributed by atoms with Crippen molar-refractivity contribution >= 4 is 5.69 Å². The Morgan fingerprint density at radius 2 is 2.00 bits per heavy atom. The van der Waals surface area contributed by atoms with Gasteiger partial charge in [0.15, 0.2) is 0 Å². The summed E-state index contributed by atoms with van der Waals surface area (Å²) in [5.41, 5.74) is 1.62. The van der Waals surface area contributed by atoms with E-state index in [4.69, 9.17) is 0 Å². The van der Waals surface area contributed by atoms with Crippen LogP contribution in [0.1, 0.15) is 25.3 Å². The SMILES string of the molecule is CCc1cccc(N2CCCC2)c1F. The molecule has 0 aliphatic carbocycles. The van der Waals surface area contributed by atoms with Gasteiger partial charge in [-0.05, 0) is 30.9 Å². The lowest BCUT2D eigenvalue weighted by Gasteiger charge is -2.19. The highest BCUT2D eigenvalue weighted by Crippen LogP contribution is 2.25. The van der Waals surface area contributed by atoms with E-state index in [1.165, 1.54) is 12.8 Å². The second kappa shape index (κ2) is 3.99. The first-order chi connectivity index (χ1) is 6.83.